The number of esters is 1. The number of unbranched alkanes of at least 4 members (excludes halogenated alkanes) is 2. The summed E-state index contributed by atoms with van der Waals surface area (Å²) in [6.07, 6.45) is 1.25. The number of aryl methyl sites for hydroxylation is 1. The molecule has 8 heteroatoms. The van der Waals surface area contributed by atoms with Crippen LogP contribution in [0.3, 0.4) is 0 Å². The molecule has 0 aromatic heterocycles. The molecule has 0 saturated carbocycles. The van der Waals surface area contributed by atoms with Gasteiger partial charge in [0, 0.05) is 13.7 Å². The van der Waals surface area contributed by atoms with Crippen LogP contribution < -0.4 is 0 Å². The number of hydrogen-bond acceptors (Lipinski definition) is 6. The number of rotatable bonds is 13. The number of nitrogens with zero attached hydrogens (tertiary/aromatic N) is 1. The van der Waals surface area contributed by atoms with Gasteiger partial charge in [0.15, 0.2) is 20.5 Å². The van der Waals surface area contributed by atoms with Gasteiger partial charge in [0.1, 0.15) is 5.60 Å². The summed E-state index contributed by atoms with van der Waals surface area (Å²) in [6, 6.07) is 14.9. The molecule has 0 fully saturated rings. The molecule has 0 spiro atoms. The molecular weight excluding hydrogens is 510 g/mol. The zero-order valence-electron chi connectivity index (χ0n) is 25.6. The van der Waals surface area contributed by atoms with Gasteiger partial charge in [0.25, 0.3) is 5.91 Å². The van der Waals surface area contributed by atoms with Gasteiger partial charge >= 0.3 is 5.97 Å². The summed E-state index contributed by atoms with van der Waals surface area (Å²) >= 11 is 0. The highest BCUT2D eigenvalue weighted by Gasteiger charge is 2.47. The van der Waals surface area contributed by atoms with Crippen LogP contribution in [0.2, 0.25) is 18.1 Å². The highest BCUT2D eigenvalue weighted by atomic mass is 28.4. The maximum absolute atomic E-state index is 13.4. The summed E-state index contributed by atoms with van der Waals surface area (Å²) in [5.74, 6) is -1.09. The molecule has 218 valence electrons. The van der Waals surface area contributed by atoms with Gasteiger partial charge in [-0.15, -0.1) is 0 Å². The topological polar surface area (TPSA) is 74.3 Å². The number of amides is 1. The molecule has 2 aromatic rings. The van der Waals surface area contributed by atoms with Gasteiger partial charge < -0.3 is 13.9 Å². The third-order valence-corrected chi connectivity index (χ3v) is 11.6. The zero-order valence-corrected chi connectivity index (χ0v) is 26.6. The first kappa shape index (κ1) is 32.9. The second kappa shape index (κ2) is 13.9. The fourth-order valence-corrected chi connectivity index (χ4v) is 5.07. The fraction of sp³-hybridized carbons (Fsp3) is 0.613. The van der Waals surface area contributed by atoms with E-state index in [1.807, 2.05) is 13.1 Å². The molecule has 39 heavy (non-hydrogen) atoms. The lowest BCUT2D eigenvalue weighted by Crippen LogP contribution is -2.56. The predicted molar refractivity (Wildman–Crippen MR) is 159 cm³/mol. The van der Waals surface area contributed by atoms with E-state index in [9.17, 15) is 9.59 Å². The van der Waals surface area contributed by atoms with E-state index >= 15 is 0 Å². The van der Waals surface area contributed by atoms with Gasteiger partial charge in [-0.25, -0.2) is 9.86 Å². The van der Waals surface area contributed by atoms with E-state index in [1.165, 1.54) is 30.5 Å². The summed E-state index contributed by atoms with van der Waals surface area (Å²) < 4.78 is 18.3. The minimum atomic E-state index is -2.47. The van der Waals surface area contributed by atoms with Gasteiger partial charge in [-0.2, -0.15) is 0 Å². The highest BCUT2D eigenvalue weighted by Crippen LogP contribution is 2.38. The van der Waals surface area contributed by atoms with Crippen LogP contribution in [-0.4, -0.2) is 63.8 Å². The Morgan fingerprint density at radius 3 is 2.13 bits per heavy atom. The lowest BCUT2D eigenvalue weighted by molar-refractivity contribution is -0.195. The van der Waals surface area contributed by atoms with Crippen molar-refractivity contribution in [3.63, 3.8) is 0 Å². The number of hydroxylamine groups is 2. The molecule has 0 saturated heterocycles. The first-order valence-electron chi connectivity index (χ1n) is 13.9. The number of carbonyl (C=O) groups excluding carboxylic acids is 2. The monoisotopic (exact) mass is 559 g/mol. The second-order valence-electron chi connectivity index (χ2n) is 12.6. The third-order valence-electron chi connectivity index (χ3n) is 7.19. The largest absolute Gasteiger partial charge is 0.458 e. The van der Waals surface area contributed by atoms with Crippen molar-refractivity contribution in [3.8, 4) is 0 Å². The summed E-state index contributed by atoms with van der Waals surface area (Å²) in [4.78, 5) is 31.9. The molecule has 2 atom stereocenters. The normalized spacial score (nSPS) is 14.2. The van der Waals surface area contributed by atoms with Gasteiger partial charge in [-0.3, -0.25) is 9.63 Å². The number of benzene rings is 2. The van der Waals surface area contributed by atoms with Crippen molar-refractivity contribution in [2.24, 2.45) is 0 Å². The smallest absolute Gasteiger partial charge is 0.337 e. The number of likely N-dealkylation sites (N-methyl/N-ethyl adjacent to an activating group) is 1. The van der Waals surface area contributed by atoms with E-state index in [0.29, 0.717) is 6.61 Å². The van der Waals surface area contributed by atoms with E-state index in [-0.39, 0.29) is 5.04 Å². The number of carbonyl (C=O) groups is 2. The second-order valence-corrected chi connectivity index (χ2v) is 17.4. The molecule has 7 nitrogen and oxygen atoms in total. The Balaban J connectivity index is 2.10. The first-order chi connectivity index (χ1) is 18.1. The first-order valence-corrected chi connectivity index (χ1v) is 16.8. The Hall–Kier alpha value is -2.26. The number of fused-ring (bicyclic) bond motifs is 1. The molecule has 0 N–H and O–H groups in total. The summed E-state index contributed by atoms with van der Waals surface area (Å²) in [7, 11) is 0.433. The van der Waals surface area contributed by atoms with Crippen molar-refractivity contribution < 1.29 is 28.3 Å². The SMILES string of the molecule is CON(C)C(=O)[C@H](OCCCCCc1ccc2ccccc2c1)[C@@H](O[Si](C)(C)C(C)(C)C)C(=O)OC(C)(C)C. The quantitative estimate of drug-likeness (QED) is 0.118. The van der Waals surface area contributed by atoms with Crippen LogP contribution in [-0.2, 0) is 34.7 Å². The average molecular weight is 560 g/mol. The molecule has 0 bridgehead atoms. The lowest BCUT2D eigenvalue weighted by atomic mass is 10.0. The Bertz CT molecular complexity index is 1090. The maximum atomic E-state index is 13.4. The average Bonchev–Trinajstić information content (AvgIpc) is 2.84. The molecule has 0 radical (unpaired) electrons. The fourth-order valence-electron chi connectivity index (χ4n) is 3.86. The van der Waals surface area contributed by atoms with Gasteiger partial charge in [-0.1, -0.05) is 69.7 Å². The number of hydrogen-bond donors (Lipinski definition) is 0. The number of ether oxygens (including phenoxy) is 2. The molecule has 0 aliphatic rings. The Morgan fingerprint density at radius 1 is 0.897 bits per heavy atom. The molecule has 0 aliphatic carbocycles. The van der Waals surface area contributed by atoms with Crippen molar-refractivity contribution in [2.45, 2.75) is 103 Å². The van der Waals surface area contributed by atoms with E-state index < -0.39 is 38.0 Å². The van der Waals surface area contributed by atoms with Crippen molar-refractivity contribution in [1.82, 2.24) is 5.06 Å². The third kappa shape index (κ3) is 10.0. The maximum Gasteiger partial charge on any atom is 0.337 e. The molecule has 0 aliphatic heterocycles. The summed E-state index contributed by atoms with van der Waals surface area (Å²) in [5, 5.41) is 3.38. The molecule has 2 aromatic carbocycles. The molecule has 2 rings (SSSR count). The van der Waals surface area contributed by atoms with Crippen molar-refractivity contribution in [3.05, 3.63) is 48.0 Å². The Morgan fingerprint density at radius 2 is 1.54 bits per heavy atom. The van der Waals surface area contributed by atoms with Crippen LogP contribution in [0.1, 0.15) is 66.4 Å². The van der Waals surface area contributed by atoms with Crippen LogP contribution in [0.25, 0.3) is 10.8 Å². The van der Waals surface area contributed by atoms with E-state index in [4.69, 9.17) is 18.7 Å². The highest BCUT2D eigenvalue weighted by molar-refractivity contribution is 6.74. The zero-order chi connectivity index (χ0) is 29.4. The molecule has 0 heterocycles. The minimum absolute atomic E-state index is 0.184. The minimum Gasteiger partial charge on any atom is -0.458 e. The van der Waals surface area contributed by atoms with Crippen LogP contribution >= 0.6 is 0 Å². The van der Waals surface area contributed by atoms with Gasteiger partial charge in [0.05, 0.1) is 7.11 Å². The Labute approximate surface area is 236 Å². The van der Waals surface area contributed by atoms with E-state index in [1.54, 1.807) is 20.8 Å². The molecular formula is C31H49NO6Si. The lowest BCUT2D eigenvalue weighted by Gasteiger charge is -2.40. The van der Waals surface area contributed by atoms with Gasteiger partial charge in [-0.05, 0) is 74.5 Å². The van der Waals surface area contributed by atoms with Crippen molar-refractivity contribution in [2.75, 3.05) is 20.8 Å². The summed E-state index contributed by atoms with van der Waals surface area (Å²) in [6.45, 7) is 16.0. The van der Waals surface area contributed by atoms with Crippen LogP contribution in [0.5, 0.6) is 0 Å². The standard InChI is InChI=1S/C31H49NO6Si/c1-30(2,3)37-29(34)27(38-39(9,10)31(4,5)6)26(28(33)32(7)35-8)36-21-15-11-12-16-23-19-20-24-17-13-14-18-25(24)22-23/h13-14,17-20,22,26-27H,11-12,15-16,21H2,1-10H3/t26-,27-/m1/s1. The van der Waals surface area contributed by atoms with Gasteiger partial charge in [0.2, 0.25) is 0 Å². The van der Waals surface area contributed by atoms with Crippen molar-refractivity contribution in [1.29, 1.82) is 0 Å². The van der Waals surface area contributed by atoms with Crippen molar-refractivity contribution >= 4 is 31.0 Å². The predicted octanol–water partition coefficient (Wildman–Crippen LogP) is 6.69. The van der Waals surface area contributed by atoms with Crippen LogP contribution in [0, 0.1) is 0 Å². The Kier molecular flexibility index (Phi) is 11.7. The van der Waals surface area contributed by atoms with E-state index in [2.05, 4.69) is 63.2 Å². The van der Waals surface area contributed by atoms with E-state index in [0.717, 1.165) is 30.7 Å². The molecule has 0 unspecified atom stereocenters. The van der Waals surface area contributed by atoms with Crippen LogP contribution in [0.4, 0.5) is 0 Å². The molecule has 1 amide bonds. The van der Waals surface area contributed by atoms with Crippen LogP contribution in [0.15, 0.2) is 42.5 Å². The summed E-state index contributed by atoms with van der Waals surface area (Å²) in [5.41, 5.74) is 0.562.